The standard InChI is InChI=1S/C20H22N4O3S2/c1-4-24(5-2)29(26,27)17-13-16(12-11-14(17)3)18(25)21-20-23-22-19(28-20)15-9-7-6-8-10-15/h6-13H,4-5H2,1-3H3,(H,21,23,25). The number of rotatable bonds is 7. The number of amides is 1. The Balaban J connectivity index is 1.85. The van der Waals surface area contributed by atoms with Gasteiger partial charge in [0.05, 0.1) is 4.90 Å². The zero-order valence-electron chi connectivity index (χ0n) is 16.4. The molecule has 0 bridgehead atoms. The third-order valence-corrected chi connectivity index (χ3v) is 7.52. The summed E-state index contributed by atoms with van der Waals surface area (Å²) < 4.78 is 27.1. The summed E-state index contributed by atoms with van der Waals surface area (Å²) in [6.45, 7) is 6.01. The molecule has 0 aliphatic carbocycles. The van der Waals surface area contributed by atoms with Crippen LogP contribution >= 0.6 is 11.3 Å². The fraction of sp³-hybridized carbons (Fsp3) is 0.250. The molecular formula is C20H22N4O3S2. The van der Waals surface area contributed by atoms with Crippen molar-refractivity contribution in [2.75, 3.05) is 18.4 Å². The number of benzene rings is 2. The number of hydrogen-bond donors (Lipinski definition) is 1. The van der Waals surface area contributed by atoms with Gasteiger partial charge in [0.2, 0.25) is 15.2 Å². The van der Waals surface area contributed by atoms with Crippen LogP contribution in [-0.2, 0) is 10.0 Å². The van der Waals surface area contributed by atoms with Crippen molar-refractivity contribution in [3.8, 4) is 10.6 Å². The van der Waals surface area contributed by atoms with Gasteiger partial charge in [0.1, 0.15) is 5.01 Å². The fourth-order valence-electron chi connectivity index (χ4n) is 2.86. The first-order valence-corrected chi connectivity index (χ1v) is 11.4. The molecule has 1 N–H and O–H groups in total. The Morgan fingerprint density at radius 3 is 2.41 bits per heavy atom. The second kappa shape index (κ2) is 8.81. The van der Waals surface area contributed by atoms with Crippen LogP contribution in [0.15, 0.2) is 53.4 Å². The van der Waals surface area contributed by atoms with Gasteiger partial charge in [-0.15, -0.1) is 10.2 Å². The van der Waals surface area contributed by atoms with Crippen LogP contribution in [-0.4, -0.2) is 41.9 Å². The number of sulfonamides is 1. The Bertz CT molecular complexity index is 1110. The Labute approximate surface area is 174 Å². The van der Waals surface area contributed by atoms with Gasteiger partial charge in [-0.2, -0.15) is 4.31 Å². The molecule has 1 heterocycles. The van der Waals surface area contributed by atoms with E-state index in [2.05, 4.69) is 15.5 Å². The normalized spacial score (nSPS) is 11.6. The summed E-state index contributed by atoms with van der Waals surface area (Å²) in [4.78, 5) is 12.8. The average Bonchev–Trinajstić information content (AvgIpc) is 3.18. The van der Waals surface area contributed by atoms with Crippen molar-refractivity contribution in [1.29, 1.82) is 0 Å². The van der Waals surface area contributed by atoms with Crippen LogP contribution in [0, 0.1) is 6.92 Å². The SMILES string of the molecule is CCN(CC)S(=O)(=O)c1cc(C(=O)Nc2nnc(-c3ccccc3)s2)ccc1C. The molecule has 1 amide bonds. The summed E-state index contributed by atoms with van der Waals surface area (Å²) in [5, 5.41) is 11.9. The van der Waals surface area contributed by atoms with Crippen LogP contribution in [0.4, 0.5) is 5.13 Å². The monoisotopic (exact) mass is 430 g/mol. The summed E-state index contributed by atoms with van der Waals surface area (Å²) >= 11 is 1.25. The van der Waals surface area contributed by atoms with Gasteiger partial charge in [0, 0.05) is 24.2 Å². The van der Waals surface area contributed by atoms with Crippen LogP contribution in [0.1, 0.15) is 29.8 Å². The Morgan fingerprint density at radius 1 is 1.07 bits per heavy atom. The summed E-state index contributed by atoms with van der Waals surface area (Å²) in [5.74, 6) is -0.434. The van der Waals surface area contributed by atoms with Crippen molar-refractivity contribution in [1.82, 2.24) is 14.5 Å². The first-order chi connectivity index (χ1) is 13.9. The predicted molar refractivity (Wildman–Crippen MR) is 115 cm³/mol. The third-order valence-electron chi connectivity index (χ3n) is 4.44. The van der Waals surface area contributed by atoms with Gasteiger partial charge in [-0.1, -0.05) is 61.6 Å². The van der Waals surface area contributed by atoms with E-state index in [0.717, 1.165) is 5.56 Å². The molecule has 0 unspecified atom stereocenters. The maximum atomic E-state index is 12.9. The fourth-order valence-corrected chi connectivity index (χ4v) is 5.32. The van der Waals surface area contributed by atoms with Gasteiger partial charge < -0.3 is 0 Å². The van der Waals surface area contributed by atoms with Crippen molar-refractivity contribution in [2.45, 2.75) is 25.7 Å². The lowest BCUT2D eigenvalue weighted by molar-refractivity contribution is 0.102. The molecular weight excluding hydrogens is 408 g/mol. The van der Waals surface area contributed by atoms with E-state index in [1.807, 2.05) is 30.3 Å². The van der Waals surface area contributed by atoms with E-state index in [4.69, 9.17) is 0 Å². The van der Waals surface area contributed by atoms with E-state index < -0.39 is 15.9 Å². The highest BCUT2D eigenvalue weighted by molar-refractivity contribution is 7.89. The number of aromatic nitrogens is 2. The molecule has 2 aromatic carbocycles. The van der Waals surface area contributed by atoms with Crippen LogP contribution in [0.2, 0.25) is 0 Å². The molecule has 7 nitrogen and oxygen atoms in total. The Kier molecular flexibility index (Phi) is 6.41. The highest BCUT2D eigenvalue weighted by Gasteiger charge is 2.25. The summed E-state index contributed by atoms with van der Waals surface area (Å²) in [6.07, 6.45) is 0. The third kappa shape index (κ3) is 4.52. The molecule has 0 aliphatic rings. The Hall–Kier alpha value is -2.62. The number of aryl methyl sites for hydroxylation is 1. The second-order valence-electron chi connectivity index (χ2n) is 6.30. The second-order valence-corrected chi connectivity index (χ2v) is 9.19. The largest absolute Gasteiger partial charge is 0.296 e. The van der Waals surface area contributed by atoms with Crippen molar-refractivity contribution < 1.29 is 13.2 Å². The van der Waals surface area contributed by atoms with Crippen molar-refractivity contribution in [3.63, 3.8) is 0 Å². The number of anilines is 1. The lowest BCUT2D eigenvalue weighted by Crippen LogP contribution is -2.31. The summed E-state index contributed by atoms with van der Waals surface area (Å²) in [6, 6.07) is 14.2. The minimum absolute atomic E-state index is 0.135. The van der Waals surface area contributed by atoms with E-state index in [9.17, 15) is 13.2 Å². The minimum Gasteiger partial charge on any atom is -0.296 e. The van der Waals surface area contributed by atoms with E-state index in [0.29, 0.717) is 28.8 Å². The van der Waals surface area contributed by atoms with Gasteiger partial charge in [0.15, 0.2) is 0 Å². The van der Waals surface area contributed by atoms with E-state index in [-0.39, 0.29) is 10.5 Å². The van der Waals surface area contributed by atoms with Crippen LogP contribution in [0.3, 0.4) is 0 Å². The molecule has 3 rings (SSSR count). The molecule has 0 fully saturated rings. The van der Waals surface area contributed by atoms with Crippen molar-refractivity contribution >= 4 is 32.4 Å². The quantitative estimate of drug-likeness (QED) is 0.616. The van der Waals surface area contributed by atoms with Gasteiger partial charge in [-0.05, 0) is 24.6 Å². The molecule has 0 saturated carbocycles. The number of hydrogen-bond acceptors (Lipinski definition) is 6. The molecule has 29 heavy (non-hydrogen) atoms. The molecule has 0 atom stereocenters. The molecule has 0 spiro atoms. The molecule has 0 saturated heterocycles. The lowest BCUT2D eigenvalue weighted by atomic mass is 10.1. The van der Waals surface area contributed by atoms with Gasteiger partial charge in [-0.3, -0.25) is 10.1 Å². The van der Waals surface area contributed by atoms with Gasteiger partial charge in [-0.25, -0.2) is 8.42 Å². The summed E-state index contributed by atoms with van der Waals surface area (Å²) in [5.41, 5.74) is 1.75. The molecule has 152 valence electrons. The number of carbonyl (C=O) groups is 1. The van der Waals surface area contributed by atoms with E-state index in [1.54, 1.807) is 32.9 Å². The number of nitrogens with zero attached hydrogens (tertiary/aromatic N) is 3. The molecule has 1 aromatic heterocycles. The van der Waals surface area contributed by atoms with Gasteiger partial charge >= 0.3 is 0 Å². The van der Waals surface area contributed by atoms with E-state index in [1.165, 1.54) is 21.7 Å². The molecule has 3 aromatic rings. The van der Waals surface area contributed by atoms with Crippen LogP contribution in [0.25, 0.3) is 10.6 Å². The smallest absolute Gasteiger partial charge is 0.257 e. The minimum atomic E-state index is -3.66. The zero-order chi connectivity index (χ0) is 21.0. The summed E-state index contributed by atoms with van der Waals surface area (Å²) in [7, 11) is -3.66. The molecule has 9 heteroatoms. The predicted octanol–water partition coefficient (Wildman–Crippen LogP) is 3.80. The number of carbonyl (C=O) groups excluding carboxylic acids is 1. The first-order valence-electron chi connectivity index (χ1n) is 9.18. The van der Waals surface area contributed by atoms with Gasteiger partial charge in [0.25, 0.3) is 5.91 Å². The van der Waals surface area contributed by atoms with Crippen molar-refractivity contribution in [2.24, 2.45) is 0 Å². The average molecular weight is 431 g/mol. The first kappa shape index (κ1) is 21.1. The van der Waals surface area contributed by atoms with E-state index >= 15 is 0 Å². The topological polar surface area (TPSA) is 92.3 Å². The van der Waals surface area contributed by atoms with Crippen LogP contribution < -0.4 is 5.32 Å². The highest BCUT2D eigenvalue weighted by Crippen LogP contribution is 2.27. The molecule has 0 radical (unpaired) electrons. The maximum absolute atomic E-state index is 12.9. The number of nitrogens with one attached hydrogen (secondary N) is 1. The zero-order valence-corrected chi connectivity index (χ0v) is 18.0. The maximum Gasteiger partial charge on any atom is 0.257 e. The van der Waals surface area contributed by atoms with Crippen molar-refractivity contribution in [3.05, 3.63) is 59.7 Å². The lowest BCUT2D eigenvalue weighted by Gasteiger charge is -2.20. The highest BCUT2D eigenvalue weighted by atomic mass is 32.2. The Morgan fingerprint density at radius 2 is 1.76 bits per heavy atom. The molecule has 0 aliphatic heterocycles. The van der Waals surface area contributed by atoms with Crippen LogP contribution in [0.5, 0.6) is 0 Å².